The molecule has 1 saturated carbocycles. The number of fused-ring (bicyclic) bond motifs is 4. The van der Waals surface area contributed by atoms with Crippen molar-refractivity contribution in [3.8, 4) is 11.5 Å². The smallest absolute Gasteiger partial charge is 0.417 e. The van der Waals surface area contributed by atoms with Crippen LogP contribution in [0.3, 0.4) is 0 Å². The number of imide groups is 2. The summed E-state index contributed by atoms with van der Waals surface area (Å²) in [6.07, 6.45) is -0.998. The van der Waals surface area contributed by atoms with Crippen molar-refractivity contribution in [2.75, 3.05) is 25.6 Å². The van der Waals surface area contributed by atoms with Crippen LogP contribution in [-0.4, -0.2) is 74.8 Å². The van der Waals surface area contributed by atoms with E-state index in [-0.39, 0.29) is 47.8 Å². The lowest BCUT2D eigenvalue weighted by Gasteiger charge is -2.50. The fourth-order valence-corrected chi connectivity index (χ4v) is 10.9. The summed E-state index contributed by atoms with van der Waals surface area (Å²) in [5.74, 6) is -7.00. The number of pyridine rings is 1. The molecule has 3 aromatic carbocycles. The standard InChI is InChI=1S/C45H40Cl2F3N5O6/c1-61-29-11-14-36(56)33(20-29)38-30-12-13-31-37(42(59)54(40(31)57)28-15-17-53(18-16-28)23-24-5-3-2-4-6-24)32(30)21-34-41(58)55(43(60)44(34,38)25-7-9-27(46)10-8-25)52-39-35(47)19-26(22-51-39)45(48,49)50/h2-12,14,19-20,22,28,31-32,34,37-38,56H,13,15-18,21,23H2,1H3,(H,51,52). The molecule has 11 nitrogen and oxygen atoms in total. The van der Waals surface area contributed by atoms with E-state index in [9.17, 15) is 27.9 Å². The van der Waals surface area contributed by atoms with Crippen LogP contribution < -0.4 is 10.2 Å². The molecule has 6 unspecified atom stereocenters. The number of benzene rings is 3. The molecule has 1 aromatic heterocycles. The molecule has 4 heterocycles. The molecule has 3 saturated heterocycles. The van der Waals surface area contributed by atoms with Crippen molar-refractivity contribution < 1.29 is 42.2 Å². The maximum absolute atomic E-state index is 15.5. The van der Waals surface area contributed by atoms with Gasteiger partial charge >= 0.3 is 6.18 Å². The number of alkyl halides is 3. The second kappa shape index (κ2) is 15.5. The summed E-state index contributed by atoms with van der Waals surface area (Å²) < 4.78 is 46.3. The number of halogens is 5. The van der Waals surface area contributed by atoms with Gasteiger partial charge in [0.1, 0.15) is 11.5 Å². The van der Waals surface area contributed by atoms with Gasteiger partial charge in [-0.05, 0) is 79.1 Å². The van der Waals surface area contributed by atoms with E-state index in [4.69, 9.17) is 27.9 Å². The number of aromatic nitrogens is 1. The number of rotatable bonds is 8. The molecule has 4 fully saturated rings. The Morgan fingerprint density at radius 2 is 1.64 bits per heavy atom. The molecule has 3 aliphatic heterocycles. The molecule has 5 aliphatic rings. The van der Waals surface area contributed by atoms with Crippen molar-refractivity contribution >= 4 is 52.6 Å². The van der Waals surface area contributed by atoms with Crippen LogP contribution in [0.1, 0.15) is 53.9 Å². The largest absolute Gasteiger partial charge is 0.508 e. The molecule has 0 bridgehead atoms. The van der Waals surface area contributed by atoms with Gasteiger partial charge in [0.2, 0.25) is 11.8 Å². The van der Waals surface area contributed by atoms with Crippen molar-refractivity contribution in [1.29, 1.82) is 0 Å². The van der Waals surface area contributed by atoms with Crippen LogP contribution in [0.5, 0.6) is 11.5 Å². The SMILES string of the molecule is COc1ccc(O)c(C2C3=CCC4C(=O)N(C5CCN(Cc6ccccc6)CC5)C(=O)C4C3CC3C(=O)N(Nc4ncc(C(F)(F)F)cc4Cl)C(=O)C32c2ccc(Cl)cc2)c1. The summed E-state index contributed by atoms with van der Waals surface area (Å²) in [5, 5.41) is 12.3. The first-order chi connectivity index (χ1) is 29.2. The first kappa shape index (κ1) is 40.9. The first-order valence-electron chi connectivity index (χ1n) is 20.1. The lowest BCUT2D eigenvalue weighted by Crippen LogP contribution is -2.53. The molecular weight excluding hydrogens is 834 g/mol. The number of hydrazine groups is 1. The van der Waals surface area contributed by atoms with Gasteiger partial charge < -0.3 is 9.84 Å². The zero-order chi connectivity index (χ0) is 43.0. The highest BCUT2D eigenvalue weighted by atomic mass is 35.5. The van der Waals surface area contributed by atoms with Crippen LogP contribution in [-0.2, 0) is 37.3 Å². The zero-order valence-electron chi connectivity index (χ0n) is 32.7. The van der Waals surface area contributed by atoms with Crippen molar-refractivity contribution in [2.24, 2.45) is 23.7 Å². The number of nitrogens with one attached hydrogen (secondary N) is 1. The van der Waals surface area contributed by atoms with Crippen LogP contribution in [0, 0.1) is 23.7 Å². The molecule has 0 spiro atoms. The third-order valence-corrected chi connectivity index (χ3v) is 13.8. The van der Waals surface area contributed by atoms with Crippen LogP contribution in [0.2, 0.25) is 10.0 Å². The minimum Gasteiger partial charge on any atom is -0.508 e. The number of allylic oxidation sites excluding steroid dienone is 2. The van der Waals surface area contributed by atoms with Gasteiger partial charge in [0.25, 0.3) is 11.8 Å². The average Bonchev–Trinajstić information content (AvgIpc) is 3.63. The van der Waals surface area contributed by atoms with E-state index in [1.165, 1.54) is 23.6 Å². The third kappa shape index (κ3) is 6.74. The summed E-state index contributed by atoms with van der Waals surface area (Å²) in [4.78, 5) is 67.3. The molecular formula is C45H40Cl2F3N5O6. The number of hydrogen-bond donors (Lipinski definition) is 2. The summed E-state index contributed by atoms with van der Waals surface area (Å²) in [7, 11) is 1.45. The van der Waals surface area contributed by atoms with Gasteiger partial charge in [0.05, 0.1) is 40.9 Å². The van der Waals surface area contributed by atoms with Gasteiger partial charge in [0.15, 0.2) is 5.82 Å². The van der Waals surface area contributed by atoms with E-state index in [1.54, 1.807) is 36.4 Å². The quantitative estimate of drug-likeness (QED) is 0.135. The molecule has 316 valence electrons. The molecule has 0 radical (unpaired) electrons. The van der Waals surface area contributed by atoms with Gasteiger partial charge in [-0.1, -0.05) is 77.3 Å². The van der Waals surface area contributed by atoms with E-state index < -0.39 is 63.6 Å². The number of carbonyl (C=O) groups excluding carboxylic acids is 4. The topological polar surface area (TPSA) is 132 Å². The Hall–Kier alpha value is -5.44. The lowest BCUT2D eigenvalue weighted by atomic mass is 9.49. The van der Waals surface area contributed by atoms with Crippen LogP contribution in [0.25, 0.3) is 0 Å². The summed E-state index contributed by atoms with van der Waals surface area (Å²) >= 11 is 12.7. The fourth-order valence-electron chi connectivity index (χ4n) is 10.6. The number of likely N-dealkylation sites (tertiary alicyclic amines) is 2. The van der Waals surface area contributed by atoms with E-state index in [0.717, 1.165) is 11.6 Å². The number of phenolic OH excluding ortho intramolecular Hbond substituents is 1. The second-order valence-corrected chi connectivity index (χ2v) is 17.2. The molecule has 2 aliphatic carbocycles. The predicted molar refractivity (Wildman–Crippen MR) is 218 cm³/mol. The summed E-state index contributed by atoms with van der Waals surface area (Å²) in [5.41, 5.74) is 2.06. The van der Waals surface area contributed by atoms with Gasteiger partial charge in [-0.2, -0.15) is 18.2 Å². The maximum atomic E-state index is 15.5. The predicted octanol–water partition coefficient (Wildman–Crippen LogP) is 7.77. The Labute approximate surface area is 359 Å². The average molecular weight is 875 g/mol. The number of methoxy groups -OCH3 is 1. The number of nitrogens with zero attached hydrogens (tertiary/aromatic N) is 4. The highest BCUT2D eigenvalue weighted by Gasteiger charge is 2.71. The van der Waals surface area contributed by atoms with Crippen molar-refractivity contribution in [3.63, 3.8) is 0 Å². The van der Waals surface area contributed by atoms with Crippen molar-refractivity contribution in [1.82, 2.24) is 19.8 Å². The summed E-state index contributed by atoms with van der Waals surface area (Å²) in [6, 6.07) is 21.4. The van der Waals surface area contributed by atoms with E-state index >= 15 is 9.59 Å². The number of hydrogen-bond acceptors (Lipinski definition) is 9. The Bertz CT molecular complexity index is 2460. The maximum Gasteiger partial charge on any atom is 0.417 e. The molecule has 9 rings (SSSR count). The van der Waals surface area contributed by atoms with E-state index in [2.05, 4.69) is 27.4 Å². The fraction of sp³-hybridized carbons (Fsp3) is 0.356. The normalized spacial score (nSPS) is 26.9. The van der Waals surface area contributed by atoms with E-state index in [0.29, 0.717) is 60.1 Å². The minimum atomic E-state index is -4.76. The zero-order valence-corrected chi connectivity index (χ0v) is 34.3. The summed E-state index contributed by atoms with van der Waals surface area (Å²) in [6.45, 7) is 2.14. The lowest BCUT2D eigenvalue weighted by molar-refractivity contribution is -0.144. The van der Waals surface area contributed by atoms with Crippen molar-refractivity contribution in [2.45, 2.75) is 55.8 Å². The number of amides is 4. The van der Waals surface area contributed by atoms with Gasteiger partial charge in [-0.15, -0.1) is 0 Å². The molecule has 4 amide bonds. The van der Waals surface area contributed by atoms with Crippen LogP contribution in [0.15, 0.2) is 96.7 Å². The number of carbonyl (C=O) groups is 4. The Balaban J connectivity index is 1.13. The van der Waals surface area contributed by atoms with E-state index in [1.807, 2.05) is 24.3 Å². The van der Waals surface area contributed by atoms with Crippen LogP contribution >= 0.6 is 23.2 Å². The molecule has 61 heavy (non-hydrogen) atoms. The second-order valence-electron chi connectivity index (χ2n) is 16.4. The number of phenols is 1. The number of piperidine rings is 1. The minimum absolute atomic E-state index is 0.0455. The van der Waals surface area contributed by atoms with Gasteiger partial charge in [-0.3, -0.25) is 34.4 Å². The Kier molecular flexibility index (Phi) is 10.4. The third-order valence-electron chi connectivity index (χ3n) is 13.3. The molecule has 4 aromatic rings. The Morgan fingerprint density at radius 3 is 2.31 bits per heavy atom. The molecule has 16 heteroatoms. The van der Waals surface area contributed by atoms with Crippen molar-refractivity contribution in [3.05, 3.63) is 129 Å². The highest BCUT2D eigenvalue weighted by molar-refractivity contribution is 6.33. The number of anilines is 1. The van der Waals surface area contributed by atoms with Gasteiger partial charge in [0, 0.05) is 48.4 Å². The Morgan fingerprint density at radius 1 is 0.918 bits per heavy atom. The first-order valence-corrected chi connectivity index (χ1v) is 20.8. The number of ether oxygens (including phenoxy) is 1. The monoisotopic (exact) mass is 873 g/mol. The molecule has 6 atom stereocenters. The number of aromatic hydroxyl groups is 1. The van der Waals surface area contributed by atoms with Gasteiger partial charge in [-0.25, -0.2) is 4.98 Å². The molecule has 2 N–H and O–H groups in total. The van der Waals surface area contributed by atoms with Crippen LogP contribution in [0.4, 0.5) is 19.0 Å². The highest BCUT2D eigenvalue weighted by Crippen LogP contribution is 2.65.